The van der Waals surface area contributed by atoms with E-state index in [9.17, 15) is 8.42 Å². The summed E-state index contributed by atoms with van der Waals surface area (Å²) in [4.78, 5) is 12.8. The average Bonchev–Trinajstić information content (AvgIpc) is 3.48. The first kappa shape index (κ1) is 19.3. The predicted octanol–water partition coefficient (Wildman–Crippen LogP) is 2.63. The lowest BCUT2D eigenvalue weighted by molar-refractivity contribution is 0.587. The first-order valence-corrected chi connectivity index (χ1v) is 11.0. The summed E-state index contributed by atoms with van der Waals surface area (Å²) in [6.45, 7) is 0. The third kappa shape index (κ3) is 5.07. The first-order chi connectivity index (χ1) is 14.0. The van der Waals surface area contributed by atoms with Crippen molar-refractivity contribution in [2.24, 2.45) is 0 Å². The molecule has 0 saturated heterocycles. The summed E-state index contributed by atoms with van der Waals surface area (Å²) in [5.41, 5.74) is 2.69. The molecule has 2 atom stereocenters. The largest absolute Gasteiger partial charge is 0.351 e. The second-order valence-electron chi connectivity index (χ2n) is 6.92. The first-order valence-electron chi connectivity index (χ1n) is 9.30. The number of rotatable bonds is 8. The molecule has 1 aliphatic carbocycles. The maximum Gasteiger partial charge on any atom is 0.231 e. The number of hydrogen-bond donors (Lipinski definition) is 3. The van der Waals surface area contributed by atoms with Gasteiger partial charge in [-0.25, -0.2) is 23.1 Å². The number of sulfonamides is 1. The Morgan fingerprint density at radius 3 is 2.62 bits per heavy atom. The van der Waals surface area contributed by atoms with Crippen LogP contribution in [0.3, 0.4) is 0 Å². The number of nitrogens with one attached hydrogen (secondary N) is 3. The Labute approximate surface area is 169 Å². The molecule has 2 aromatic carbocycles. The standard InChI is InChI=1S/C20H22N6O2S/c1-21-29(27,28)12-14-6-5-9-16(10-14)24-19-22-13-23-20(26-19)25-18-11-17(18)15-7-3-2-4-8-15/h2-10,13,17-18,21H,11-12H2,1H3,(H2,22,23,24,25,26). The SMILES string of the molecule is CNS(=O)(=O)Cc1cccc(Nc2ncnc(NC3CC3c3ccccc3)n2)c1. The minimum atomic E-state index is -3.33. The van der Waals surface area contributed by atoms with Crippen LogP contribution in [-0.2, 0) is 15.8 Å². The van der Waals surface area contributed by atoms with E-state index in [4.69, 9.17) is 0 Å². The minimum Gasteiger partial charge on any atom is -0.351 e. The van der Waals surface area contributed by atoms with Gasteiger partial charge >= 0.3 is 0 Å². The van der Waals surface area contributed by atoms with E-state index in [1.54, 1.807) is 18.2 Å². The van der Waals surface area contributed by atoms with Gasteiger partial charge in [0.15, 0.2) is 0 Å². The van der Waals surface area contributed by atoms with Crippen LogP contribution in [0.4, 0.5) is 17.6 Å². The van der Waals surface area contributed by atoms with Gasteiger partial charge in [-0.1, -0.05) is 42.5 Å². The van der Waals surface area contributed by atoms with Crippen molar-refractivity contribution < 1.29 is 8.42 Å². The van der Waals surface area contributed by atoms with Crippen molar-refractivity contribution in [3.05, 3.63) is 72.1 Å². The molecule has 0 spiro atoms. The summed E-state index contributed by atoms with van der Waals surface area (Å²) in [5.74, 6) is 1.29. The Bertz CT molecular complexity index is 1090. The van der Waals surface area contributed by atoms with Gasteiger partial charge < -0.3 is 10.6 Å². The van der Waals surface area contributed by atoms with Crippen LogP contribution in [0.2, 0.25) is 0 Å². The van der Waals surface area contributed by atoms with Crippen LogP contribution >= 0.6 is 0 Å². The van der Waals surface area contributed by atoms with E-state index in [1.165, 1.54) is 18.9 Å². The number of anilines is 3. The van der Waals surface area contributed by atoms with E-state index < -0.39 is 10.0 Å². The minimum absolute atomic E-state index is 0.0917. The molecule has 1 fully saturated rings. The predicted molar refractivity (Wildman–Crippen MR) is 112 cm³/mol. The van der Waals surface area contributed by atoms with Crippen molar-refractivity contribution in [2.45, 2.75) is 24.1 Å². The van der Waals surface area contributed by atoms with Crippen LogP contribution in [0.5, 0.6) is 0 Å². The molecule has 29 heavy (non-hydrogen) atoms. The molecular weight excluding hydrogens is 388 g/mol. The van der Waals surface area contributed by atoms with Gasteiger partial charge in [0, 0.05) is 17.6 Å². The Morgan fingerprint density at radius 2 is 1.83 bits per heavy atom. The normalized spacial score (nSPS) is 18.2. The van der Waals surface area contributed by atoms with Gasteiger partial charge in [0.25, 0.3) is 0 Å². The van der Waals surface area contributed by atoms with Gasteiger partial charge in [0.05, 0.1) is 5.75 Å². The highest BCUT2D eigenvalue weighted by Crippen LogP contribution is 2.42. The topological polar surface area (TPSA) is 109 Å². The second-order valence-corrected chi connectivity index (χ2v) is 8.85. The number of benzene rings is 2. The van der Waals surface area contributed by atoms with Crippen molar-refractivity contribution >= 4 is 27.6 Å². The zero-order chi connectivity index (χ0) is 20.3. The van der Waals surface area contributed by atoms with E-state index in [0.717, 1.165) is 6.42 Å². The fourth-order valence-corrected chi connectivity index (χ4v) is 3.94. The van der Waals surface area contributed by atoms with Crippen LogP contribution in [0, 0.1) is 0 Å². The van der Waals surface area contributed by atoms with Gasteiger partial charge in [-0.15, -0.1) is 0 Å². The molecule has 0 amide bonds. The Morgan fingerprint density at radius 1 is 1.03 bits per heavy atom. The molecular formula is C20H22N6O2S. The lowest BCUT2D eigenvalue weighted by Gasteiger charge is -2.09. The quantitative estimate of drug-likeness (QED) is 0.524. The summed E-state index contributed by atoms with van der Waals surface area (Å²) in [6.07, 6.45) is 2.49. The monoisotopic (exact) mass is 410 g/mol. The smallest absolute Gasteiger partial charge is 0.231 e. The molecule has 8 nitrogen and oxygen atoms in total. The van der Waals surface area contributed by atoms with Crippen LogP contribution in [0.25, 0.3) is 0 Å². The van der Waals surface area contributed by atoms with Gasteiger partial charge in [-0.2, -0.15) is 4.98 Å². The molecule has 1 heterocycles. The van der Waals surface area contributed by atoms with Gasteiger partial charge in [-0.05, 0) is 36.7 Å². The van der Waals surface area contributed by atoms with Crippen LogP contribution < -0.4 is 15.4 Å². The Balaban J connectivity index is 1.41. The van der Waals surface area contributed by atoms with E-state index in [-0.39, 0.29) is 5.75 Å². The third-order valence-corrected chi connectivity index (χ3v) is 6.09. The zero-order valence-corrected chi connectivity index (χ0v) is 16.7. The molecule has 150 valence electrons. The van der Waals surface area contributed by atoms with Gasteiger partial charge in [0.1, 0.15) is 6.33 Å². The highest BCUT2D eigenvalue weighted by molar-refractivity contribution is 7.88. The molecule has 3 N–H and O–H groups in total. The second kappa shape index (κ2) is 8.14. The maximum absolute atomic E-state index is 11.7. The highest BCUT2D eigenvalue weighted by atomic mass is 32.2. The van der Waals surface area contributed by atoms with Crippen LogP contribution in [0.15, 0.2) is 60.9 Å². The fraction of sp³-hybridized carbons (Fsp3) is 0.250. The molecule has 1 saturated carbocycles. The van der Waals surface area contributed by atoms with Crippen molar-refractivity contribution in [1.29, 1.82) is 0 Å². The fourth-order valence-electron chi connectivity index (χ4n) is 3.17. The molecule has 3 aromatic rings. The van der Waals surface area contributed by atoms with E-state index in [0.29, 0.717) is 35.1 Å². The Hall–Kier alpha value is -3.04. The molecule has 0 aliphatic heterocycles. The number of aromatic nitrogens is 3. The average molecular weight is 411 g/mol. The molecule has 0 radical (unpaired) electrons. The van der Waals surface area contributed by atoms with Crippen molar-refractivity contribution in [1.82, 2.24) is 19.7 Å². The van der Waals surface area contributed by atoms with E-state index in [1.807, 2.05) is 24.3 Å². The lowest BCUT2D eigenvalue weighted by atomic mass is 10.1. The summed E-state index contributed by atoms with van der Waals surface area (Å²) < 4.78 is 25.8. The van der Waals surface area contributed by atoms with Crippen molar-refractivity contribution in [3.63, 3.8) is 0 Å². The molecule has 0 bridgehead atoms. The Kier molecular flexibility index (Phi) is 5.41. The number of nitrogens with zero attached hydrogens (tertiary/aromatic N) is 3. The van der Waals surface area contributed by atoms with E-state index >= 15 is 0 Å². The molecule has 1 aromatic heterocycles. The summed E-state index contributed by atoms with van der Waals surface area (Å²) >= 11 is 0. The highest BCUT2D eigenvalue weighted by Gasteiger charge is 2.38. The van der Waals surface area contributed by atoms with Crippen LogP contribution in [0.1, 0.15) is 23.5 Å². The third-order valence-electron chi connectivity index (χ3n) is 4.76. The molecule has 9 heteroatoms. The number of hydrogen-bond acceptors (Lipinski definition) is 7. The molecule has 1 aliphatic rings. The van der Waals surface area contributed by atoms with Gasteiger partial charge in [-0.3, -0.25) is 0 Å². The van der Waals surface area contributed by atoms with Crippen LogP contribution in [-0.4, -0.2) is 36.5 Å². The van der Waals surface area contributed by atoms with Crippen molar-refractivity contribution in [3.8, 4) is 0 Å². The molecule has 2 unspecified atom stereocenters. The summed E-state index contributed by atoms with van der Waals surface area (Å²) in [5, 5.41) is 6.46. The van der Waals surface area contributed by atoms with Crippen molar-refractivity contribution in [2.75, 3.05) is 17.7 Å². The van der Waals surface area contributed by atoms with Gasteiger partial charge in [0.2, 0.25) is 21.9 Å². The maximum atomic E-state index is 11.7. The summed E-state index contributed by atoms with van der Waals surface area (Å²) in [7, 11) is -1.93. The molecule has 4 rings (SSSR count). The lowest BCUT2D eigenvalue weighted by Crippen LogP contribution is -2.20. The summed E-state index contributed by atoms with van der Waals surface area (Å²) in [6, 6.07) is 17.8. The van der Waals surface area contributed by atoms with E-state index in [2.05, 4.69) is 42.4 Å². The zero-order valence-electron chi connectivity index (χ0n) is 15.9.